The molecule has 0 atom stereocenters. The fraction of sp³-hybridized carbons (Fsp3) is 0.417. The van der Waals surface area contributed by atoms with Gasteiger partial charge in [0.2, 0.25) is 5.91 Å². The summed E-state index contributed by atoms with van der Waals surface area (Å²) in [6.07, 6.45) is 2.83. The van der Waals surface area contributed by atoms with Crippen molar-refractivity contribution in [1.82, 2.24) is 0 Å². The van der Waals surface area contributed by atoms with Gasteiger partial charge in [0.25, 0.3) is 0 Å². The number of ether oxygens (including phenoxy) is 1. The quantitative estimate of drug-likeness (QED) is 0.851. The van der Waals surface area contributed by atoms with Crippen molar-refractivity contribution in [1.29, 1.82) is 0 Å². The fourth-order valence-corrected chi connectivity index (χ4v) is 1.53. The van der Waals surface area contributed by atoms with Crippen LogP contribution in [0.2, 0.25) is 0 Å². The fourth-order valence-electron chi connectivity index (χ4n) is 1.53. The first-order chi connectivity index (χ1) is 7.69. The normalized spacial score (nSPS) is 14.6. The second kappa shape index (κ2) is 4.51. The molecule has 2 rings (SSSR count). The number of methoxy groups -OCH3 is 1. The first-order valence-electron chi connectivity index (χ1n) is 5.32. The lowest BCUT2D eigenvalue weighted by molar-refractivity contribution is -0.116. The van der Waals surface area contributed by atoms with Gasteiger partial charge in [0, 0.05) is 18.2 Å². The van der Waals surface area contributed by atoms with Crippen molar-refractivity contribution in [3.05, 3.63) is 24.0 Å². The predicted octanol–water partition coefficient (Wildman–Crippen LogP) is 2.57. The van der Waals surface area contributed by atoms with E-state index < -0.39 is 5.82 Å². The number of anilines is 1. The Bertz CT molecular complexity index is 402. The maximum Gasteiger partial charge on any atom is 0.224 e. The smallest absolute Gasteiger partial charge is 0.224 e. The lowest BCUT2D eigenvalue weighted by Crippen LogP contribution is -2.12. The molecule has 1 aromatic carbocycles. The van der Waals surface area contributed by atoms with Gasteiger partial charge in [-0.05, 0) is 30.9 Å². The molecular formula is C12H14FNO2. The minimum absolute atomic E-state index is 0.0174. The Morgan fingerprint density at radius 2 is 2.31 bits per heavy atom. The molecule has 0 aliphatic heterocycles. The number of halogens is 1. The molecule has 0 radical (unpaired) electrons. The lowest BCUT2D eigenvalue weighted by Gasteiger charge is -2.07. The maximum absolute atomic E-state index is 13.1. The Morgan fingerprint density at radius 1 is 1.56 bits per heavy atom. The van der Waals surface area contributed by atoms with E-state index in [-0.39, 0.29) is 11.7 Å². The number of rotatable bonds is 4. The van der Waals surface area contributed by atoms with E-state index in [0.717, 1.165) is 12.8 Å². The van der Waals surface area contributed by atoms with Crippen LogP contribution < -0.4 is 10.1 Å². The second-order valence-corrected chi connectivity index (χ2v) is 4.05. The Kier molecular flexibility index (Phi) is 3.08. The maximum atomic E-state index is 13.1. The molecule has 1 saturated carbocycles. The molecule has 0 spiro atoms. The van der Waals surface area contributed by atoms with Gasteiger partial charge >= 0.3 is 0 Å². The summed E-state index contributed by atoms with van der Waals surface area (Å²) in [6, 6.07) is 4.30. The lowest BCUT2D eigenvalue weighted by atomic mass is 10.2. The number of benzene rings is 1. The van der Waals surface area contributed by atoms with Crippen molar-refractivity contribution in [2.24, 2.45) is 5.92 Å². The summed E-state index contributed by atoms with van der Waals surface area (Å²) in [7, 11) is 1.40. The van der Waals surface area contributed by atoms with Crippen LogP contribution in [0, 0.1) is 11.7 Å². The molecule has 0 unspecified atom stereocenters. The highest BCUT2D eigenvalue weighted by molar-refractivity contribution is 5.91. The van der Waals surface area contributed by atoms with Crippen LogP contribution in [0.25, 0.3) is 0 Å². The zero-order valence-corrected chi connectivity index (χ0v) is 9.13. The van der Waals surface area contributed by atoms with Crippen molar-refractivity contribution in [3.63, 3.8) is 0 Å². The summed E-state index contributed by atoms with van der Waals surface area (Å²) in [5.41, 5.74) is 0.573. The molecule has 0 bridgehead atoms. The van der Waals surface area contributed by atoms with Crippen LogP contribution in [0.4, 0.5) is 10.1 Å². The first-order valence-corrected chi connectivity index (χ1v) is 5.32. The molecule has 1 amide bonds. The van der Waals surface area contributed by atoms with Crippen LogP contribution in [0.5, 0.6) is 5.75 Å². The number of amides is 1. The van der Waals surface area contributed by atoms with Gasteiger partial charge in [0.05, 0.1) is 7.11 Å². The number of hydrogen-bond donors (Lipinski definition) is 1. The molecule has 0 aromatic heterocycles. The summed E-state index contributed by atoms with van der Waals surface area (Å²) in [4.78, 5) is 11.5. The third kappa shape index (κ3) is 2.72. The van der Waals surface area contributed by atoms with Gasteiger partial charge in [-0.15, -0.1) is 0 Å². The molecule has 4 heteroatoms. The highest BCUT2D eigenvalue weighted by Gasteiger charge is 2.24. The van der Waals surface area contributed by atoms with Crippen molar-refractivity contribution < 1.29 is 13.9 Å². The Morgan fingerprint density at radius 3 is 2.94 bits per heavy atom. The van der Waals surface area contributed by atoms with Gasteiger partial charge in [0.1, 0.15) is 0 Å². The molecule has 1 aliphatic carbocycles. The first kappa shape index (κ1) is 10.9. The Balaban J connectivity index is 1.99. The highest BCUT2D eigenvalue weighted by Crippen LogP contribution is 2.32. The largest absolute Gasteiger partial charge is 0.494 e. The number of carbonyl (C=O) groups excluding carboxylic acids is 1. The summed E-state index contributed by atoms with van der Waals surface area (Å²) in [5.74, 6) is 0.241. The number of hydrogen-bond acceptors (Lipinski definition) is 2. The molecule has 86 valence electrons. The summed E-state index contributed by atoms with van der Waals surface area (Å²) in [5, 5.41) is 2.73. The van der Waals surface area contributed by atoms with E-state index in [9.17, 15) is 9.18 Å². The molecule has 1 fully saturated rings. The average molecular weight is 223 g/mol. The van der Waals surface area contributed by atoms with Gasteiger partial charge in [-0.1, -0.05) is 0 Å². The monoisotopic (exact) mass is 223 g/mol. The minimum atomic E-state index is -0.428. The van der Waals surface area contributed by atoms with Gasteiger partial charge in [0.15, 0.2) is 11.6 Å². The molecule has 0 heterocycles. The Labute approximate surface area is 93.6 Å². The van der Waals surface area contributed by atoms with Crippen LogP contribution in [-0.2, 0) is 4.79 Å². The van der Waals surface area contributed by atoms with Gasteiger partial charge in [-0.2, -0.15) is 0 Å². The molecule has 1 aliphatic rings. The standard InChI is InChI=1S/C12H14FNO2/c1-16-11-7-9(4-5-10(11)13)14-12(15)6-8-2-3-8/h4-5,7-8H,2-3,6H2,1H3,(H,14,15). The van der Waals surface area contributed by atoms with Crippen molar-refractivity contribution in [3.8, 4) is 5.75 Å². The van der Waals surface area contributed by atoms with Gasteiger partial charge in [-0.3, -0.25) is 4.79 Å². The van der Waals surface area contributed by atoms with Crippen LogP contribution >= 0.6 is 0 Å². The zero-order valence-electron chi connectivity index (χ0n) is 9.13. The van der Waals surface area contributed by atoms with Crippen molar-refractivity contribution >= 4 is 11.6 Å². The predicted molar refractivity (Wildman–Crippen MR) is 58.9 cm³/mol. The van der Waals surface area contributed by atoms with E-state index >= 15 is 0 Å². The van der Waals surface area contributed by atoms with Crippen LogP contribution in [0.3, 0.4) is 0 Å². The van der Waals surface area contributed by atoms with Gasteiger partial charge in [-0.25, -0.2) is 4.39 Å². The Hall–Kier alpha value is -1.58. The summed E-state index contributed by atoms with van der Waals surface area (Å²) in [6.45, 7) is 0. The van der Waals surface area contributed by atoms with Crippen LogP contribution in [-0.4, -0.2) is 13.0 Å². The molecule has 3 nitrogen and oxygen atoms in total. The summed E-state index contributed by atoms with van der Waals surface area (Å²) >= 11 is 0. The third-order valence-electron chi connectivity index (χ3n) is 2.61. The van der Waals surface area contributed by atoms with E-state index in [0.29, 0.717) is 18.0 Å². The topological polar surface area (TPSA) is 38.3 Å². The van der Waals surface area contributed by atoms with Gasteiger partial charge < -0.3 is 10.1 Å². The zero-order chi connectivity index (χ0) is 11.5. The van der Waals surface area contributed by atoms with E-state index in [1.54, 1.807) is 0 Å². The SMILES string of the molecule is COc1cc(NC(=O)CC2CC2)ccc1F. The molecule has 0 saturated heterocycles. The number of nitrogens with one attached hydrogen (secondary N) is 1. The molecular weight excluding hydrogens is 209 g/mol. The molecule has 16 heavy (non-hydrogen) atoms. The van der Waals surface area contributed by atoms with E-state index in [4.69, 9.17) is 4.74 Å². The molecule has 1 N–H and O–H groups in total. The van der Waals surface area contributed by atoms with Crippen molar-refractivity contribution in [2.45, 2.75) is 19.3 Å². The minimum Gasteiger partial charge on any atom is -0.494 e. The van der Waals surface area contributed by atoms with E-state index in [1.165, 1.54) is 25.3 Å². The third-order valence-corrected chi connectivity index (χ3v) is 2.61. The van der Waals surface area contributed by atoms with Crippen LogP contribution in [0.15, 0.2) is 18.2 Å². The van der Waals surface area contributed by atoms with E-state index in [2.05, 4.69) is 5.32 Å². The summed E-state index contributed by atoms with van der Waals surface area (Å²) < 4.78 is 17.9. The highest BCUT2D eigenvalue weighted by atomic mass is 19.1. The second-order valence-electron chi connectivity index (χ2n) is 4.05. The van der Waals surface area contributed by atoms with Crippen LogP contribution in [0.1, 0.15) is 19.3 Å². The average Bonchev–Trinajstić information content (AvgIpc) is 3.04. The molecule has 1 aromatic rings. The van der Waals surface area contributed by atoms with Crippen molar-refractivity contribution in [2.75, 3.05) is 12.4 Å². The van der Waals surface area contributed by atoms with E-state index in [1.807, 2.05) is 0 Å². The number of carbonyl (C=O) groups is 1.